The van der Waals surface area contributed by atoms with Gasteiger partial charge in [-0.2, -0.15) is 0 Å². The van der Waals surface area contributed by atoms with Crippen molar-refractivity contribution in [1.82, 2.24) is 0 Å². The Kier molecular flexibility index (Phi) is 4.15. The maximum Gasteiger partial charge on any atom is 0.0178 e. The van der Waals surface area contributed by atoms with Gasteiger partial charge in [0.25, 0.3) is 0 Å². The van der Waals surface area contributed by atoms with Crippen LogP contribution >= 0.6 is 0 Å². The molecular formula is C28H25N. The van der Waals surface area contributed by atoms with Crippen molar-refractivity contribution in [3.8, 4) is 33.4 Å². The van der Waals surface area contributed by atoms with Gasteiger partial charge in [-0.25, -0.2) is 0 Å². The highest BCUT2D eigenvalue weighted by molar-refractivity contribution is 5.84. The molecule has 0 bridgehead atoms. The van der Waals surface area contributed by atoms with E-state index < -0.39 is 0 Å². The van der Waals surface area contributed by atoms with Crippen molar-refractivity contribution < 1.29 is 0 Å². The number of benzene rings is 4. The molecule has 0 aromatic heterocycles. The summed E-state index contributed by atoms with van der Waals surface area (Å²) in [5, 5.41) is 0. The molecule has 0 aliphatic heterocycles. The minimum atomic E-state index is 0.0228. The van der Waals surface area contributed by atoms with Gasteiger partial charge in [0, 0.05) is 12.0 Å². The molecule has 5 rings (SSSR count). The van der Waals surface area contributed by atoms with E-state index in [-0.39, 0.29) is 5.41 Å². The largest absolute Gasteiger partial charge is 0.326 e. The highest BCUT2D eigenvalue weighted by Crippen LogP contribution is 2.49. The molecular weight excluding hydrogens is 350 g/mol. The lowest BCUT2D eigenvalue weighted by molar-refractivity contribution is 0.660. The number of hydrogen-bond donors (Lipinski definition) is 1. The third-order valence-corrected chi connectivity index (χ3v) is 6.28. The van der Waals surface area contributed by atoms with Crippen LogP contribution in [0.4, 0.5) is 0 Å². The maximum absolute atomic E-state index is 5.83. The first-order valence-electron chi connectivity index (χ1n) is 10.2. The van der Waals surface area contributed by atoms with Crippen LogP contribution < -0.4 is 5.73 Å². The smallest absolute Gasteiger partial charge is 0.0178 e. The van der Waals surface area contributed by atoms with Gasteiger partial charge in [-0.05, 0) is 68.3 Å². The van der Waals surface area contributed by atoms with Crippen LogP contribution in [0.25, 0.3) is 33.4 Å². The predicted molar refractivity (Wildman–Crippen MR) is 123 cm³/mol. The van der Waals surface area contributed by atoms with E-state index >= 15 is 0 Å². The second-order valence-corrected chi connectivity index (χ2v) is 8.42. The standard InChI is InChI=1S/C28H25N/c1-28(2)26-12-4-3-11-24(26)25-14-13-23(17-27(25)28)22-10-6-9-21(16-22)20-8-5-7-19(15-20)18-29/h3-17H,18,29H2,1-2H3. The Morgan fingerprint density at radius 2 is 1.21 bits per heavy atom. The lowest BCUT2D eigenvalue weighted by atomic mass is 9.81. The first-order valence-corrected chi connectivity index (χ1v) is 10.2. The van der Waals surface area contributed by atoms with Crippen molar-refractivity contribution in [2.75, 3.05) is 0 Å². The molecule has 0 fully saturated rings. The molecule has 1 heteroatoms. The molecule has 1 aliphatic carbocycles. The summed E-state index contributed by atoms with van der Waals surface area (Å²) in [5.41, 5.74) is 17.5. The van der Waals surface area contributed by atoms with Gasteiger partial charge in [-0.15, -0.1) is 0 Å². The quantitative estimate of drug-likeness (QED) is 0.419. The second-order valence-electron chi connectivity index (χ2n) is 8.42. The minimum Gasteiger partial charge on any atom is -0.326 e. The molecule has 2 N–H and O–H groups in total. The molecule has 0 spiro atoms. The minimum absolute atomic E-state index is 0.0228. The van der Waals surface area contributed by atoms with Crippen LogP contribution in [0.3, 0.4) is 0 Å². The summed E-state index contributed by atoms with van der Waals surface area (Å²) in [4.78, 5) is 0. The molecule has 4 aromatic carbocycles. The van der Waals surface area contributed by atoms with Crippen LogP contribution in [0.2, 0.25) is 0 Å². The Morgan fingerprint density at radius 3 is 1.97 bits per heavy atom. The predicted octanol–water partition coefficient (Wildman–Crippen LogP) is 6.79. The van der Waals surface area contributed by atoms with Crippen molar-refractivity contribution >= 4 is 0 Å². The van der Waals surface area contributed by atoms with Crippen molar-refractivity contribution in [1.29, 1.82) is 0 Å². The zero-order valence-corrected chi connectivity index (χ0v) is 16.9. The van der Waals surface area contributed by atoms with E-state index in [4.69, 9.17) is 5.73 Å². The van der Waals surface area contributed by atoms with E-state index in [2.05, 4.69) is 105 Å². The first-order chi connectivity index (χ1) is 14.1. The van der Waals surface area contributed by atoms with E-state index in [1.54, 1.807) is 0 Å². The molecule has 0 saturated heterocycles. The number of nitrogens with two attached hydrogens (primary N) is 1. The number of rotatable bonds is 3. The third-order valence-electron chi connectivity index (χ3n) is 6.28. The van der Waals surface area contributed by atoms with E-state index in [1.807, 2.05) is 0 Å². The molecule has 4 aromatic rings. The molecule has 1 aliphatic rings. The van der Waals surface area contributed by atoms with Gasteiger partial charge in [-0.3, -0.25) is 0 Å². The Balaban J connectivity index is 1.59. The van der Waals surface area contributed by atoms with Gasteiger partial charge in [0.15, 0.2) is 0 Å². The number of hydrogen-bond acceptors (Lipinski definition) is 1. The Labute approximate surface area is 172 Å². The van der Waals surface area contributed by atoms with E-state index in [1.165, 1.54) is 44.5 Å². The van der Waals surface area contributed by atoms with Crippen molar-refractivity contribution in [3.05, 3.63) is 108 Å². The Morgan fingerprint density at radius 1 is 0.586 bits per heavy atom. The third kappa shape index (κ3) is 2.90. The van der Waals surface area contributed by atoms with E-state index in [0.29, 0.717) is 6.54 Å². The second kappa shape index (κ2) is 6.72. The summed E-state index contributed by atoms with van der Waals surface area (Å²) in [6.45, 7) is 5.22. The van der Waals surface area contributed by atoms with Crippen LogP contribution in [-0.4, -0.2) is 0 Å². The van der Waals surface area contributed by atoms with Crippen molar-refractivity contribution in [2.45, 2.75) is 25.8 Å². The molecule has 29 heavy (non-hydrogen) atoms. The molecule has 0 radical (unpaired) electrons. The summed E-state index contributed by atoms with van der Waals surface area (Å²) >= 11 is 0. The lowest BCUT2D eigenvalue weighted by Gasteiger charge is -2.22. The van der Waals surface area contributed by atoms with Crippen LogP contribution in [0.5, 0.6) is 0 Å². The molecule has 0 atom stereocenters. The Hall–Kier alpha value is -3.16. The summed E-state index contributed by atoms with van der Waals surface area (Å²) in [6.07, 6.45) is 0. The average molecular weight is 376 g/mol. The van der Waals surface area contributed by atoms with E-state index in [9.17, 15) is 0 Å². The van der Waals surface area contributed by atoms with E-state index in [0.717, 1.165) is 5.56 Å². The highest BCUT2D eigenvalue weighted by atomic mass is 14.5. The zero-order valence-electron chi connectivity index (χ0n) is 16.9. The first kappa shape index (κ1) is 17.9. The highest BCUT2D eigenvalue weighted by Gasteiger charge is 2.35. The summed E-state index contributed by atoms with van der Waals surface area (Å²) in [5.74, 6) is 0. The van der Waals surface area contributed by atoms with Crippen LogP contribution in [0.1, 0.15) is 30.5 Å². The maximum atomic E-state index is 5.83. The average Bonchev–Trinajstić information content (AvgIpc) is 3.01. The van der Waals surface area contributed by atoms with Gasteiger partial charge in [-0.1, -0.05) is 86.6 Å². The van der Waals surface area contributed by atoms with Gasteiger partial charge in [0.1, 0.15) is 0 Å². The van der Waals surface area contributed by atoms with Gasteiger partial charge >= 0.3 is 0 Å². The van der Waals surface area contributed by atoms with Crippen molar-refractivity contribution in [3.63, 3.8) is 0 Å². The van der Waals surface area contributed by atoms with Gasteiger partial charge in [0.05, 0.1) is 0 Å². The zero-order chi connectivity index (χ0) is 20.0. The van der Waals surface area contributed by atoms with Crippen LogP contribution in [0.15, 0.2) is 91.0 Å². The SMILES string of the molecule is CC1(C)c2ccccc2-c2ccc(-c3cccc(-c4cccc(CN)c4)c3)cc21. The van der Waals surface area contributed by atoms with Gasteiger partial charge in [0.2, 0.25) is 0 Å². The fourth-order valence-corrected chi connectivity index (χ4v) is 4.64. The molecule has 0 saturated carbocycles. The fraction of sp³-hybridized carbons (Fsp3) is 0.143. The van der Waals surface area contributed by atoms with Gasteiger partial charge < -0.3 is 5.73 Å². The molecule has 142 valence electrons. The molecule has 0 heterocycles. The van der Waals surface area contributed by atoms with Crippen molar-refractivity contribution in [2.24, 2.45) is 5.73 Å². The van der Waals surface area contributed by atoms with Crippen LogP contribution in [-0.2, 0) is 12.0 Å². The lowest BCUT2D eigenvalue weighted by Crippen LogP contribution is -2.14. The summed E-state index contributed by atoms with van der Waals surface area (Å²) in [6, 6.07) is 33.0. The molecule has 1 nitrogen and oxygen atoms in total. The number of fused-ring (bicyclic) bond motifs is 3. The normalized spacial score (nSPS) is 13.8. The fourth-order valence-electron chi connectivity index (χ4n) is 4.64. The monoisotopic (exact) mass is 375 g/mol. The van der Waals surface area contributed by atoms with Crippen LogP contribution in [0, 0.1) is 0 Å². The summed E-state index contributed by atoms with van der Waals surface area (Å²) < 4.78 is 0. The topological polar surface area (TPSA) is 26.0 Å². The summed E-state index contributed by atoms with van der Waals surface area (Å²) in [7, 11) is 0. The molecule has 0 amide bonds. The Bertz CT molecular complexity index is 1220. The molecule has 0 unspecified atom stereocenters.